The molecule has 1 saturated heterocycles. The minimum Gasteiger partial charge on any atom is -0.632 e. The third kappa shape index (κ3) is 2.22. The lowest BCUT2D eigenvalue weighted by atomic mass is 9.48. The van der Waals surface area contributed by atoms with Crippen LogP contribution in [-0.4, -0.2) is 53.0 Å². The highest BCUT2D eigenvalue weighted by molar-refractivity contribution is 5.90. The number of rotatable bonds is 6. The van der Waals surface area contributed by atoms with E-state index < -0.39 is 17.1 Å². The third-order valence-electron chi connectivity index (χ3n) is 8.67. The largest absolute Gasteiger partial charge is 0.632 e. The van der Waals surface area contributed by atoms with Crippen LogP contribution in [-0.2, 0) is 21.4 Å². The summed E-state index contributed by atoms with van der Waals surface area (Å²) in [5.41, 5.74) is 0.694. The molecule has 2 heterocycles. The number of hydrogen-bond donors (Lipinski definition) is 1. The smallest absolute Gasteiger partial charge is 0.174 e. The van der Waals surface area contributed by atoms with Crippen molar-refractivity contribution >= 4 is 5.78 Å². The van der Waals surface area contributed by atoms with E-state index in [9.17, 15) is 15.1 Å². The molecular weight excluding hydrogens is 382 g/mol. The first-order chi connectivity index (χ1) is 14.5. The minimum absolute atomic E-state index is 0.0833. The van der Waals surface area contributed by atoms with Gasteiger partial charge in [-0.2, -0.15) is 0 Å². The Hall–Kier alpha value is -1.63. The predicted octanol–water partition coefficient (Wildman–Crippen LogP) is 3.36. The van der Waals surface area contributed by atoms with Gasteiger partial charge in [-0.25, -0.2) is 0 Å². The van der Waals surface area contributed by atoms with E-state index in [1.54, 1.807) is 6.07 Å². The maximum Gasteiger partial charge on any atom is 0.174 e. The van der Waals surface area contributed by atoms with Crippen LogP contribution in [0.5, 0.6) is 11.5 Å². The summed E-state index contributed by atoms with van der Waals surface area (Å²) in [5, 5.41) is 24.9. The number of carbonyl (C=O) groups excluding carboxylic acids is 1. The Kier molecular flexibility index (Phi) is 3.95. The molecule has 2 saturated carbocycles. The van der Waals surface area contributed by atoms with Crippen molar-refractivity contribution < 1.29 is 24.0 Å². The summed E-state index contributed by atoms with van der Waals surface area (Å²) in [7, 11) is 0. The Labute approximate surface area is 177 Å². The number of quaternary nitrogens is 1. The summed E-state index contributed by atoms with van der Waals surface area (Å²) in [5.74, 6) is 1.17. The van der Waals surface area contributed by atoms with Crippen LogP contribution in [0.1, 0.15) is 63.0 Å². The lowest BCUT2D eigenvalue weighted by Crippen LogP contribution is -2.81. The van der Waals surface area contributed by atoms with Crippen LogP contribution in [0, 0.1) is 11.1 Å². The molecule has 0 radical (unpaired) electrons. The minimum atomic E-state index is -0.693. The van der Waals surface area contributed by atoms with E-state index >= 15 is 0 Å². The highest BCUT2D eigenvalue weighted by Gasteiger charge is 2.77. The van der Waals surface area contributed by atoms with Gasteiger partial charge in [0.2, 0.25) is 0 Å². The predicted molar refractivity (Wildman–Crippen MR) is 110 cm³/mol. The highest BCUT2D eigenvalue weighted by atomic mass is 16.6. The lowest BCUT2D eigenvalue weighted by molar-refractivity contribution is -0.924. The van der Waals surface area contributed by atoms with Gasteiger partial charge >= 0.3 is 0 Å². The molecule has 0 amide bonds. The average Bonchev–Trinajstić information content (AvgIpc) is 3.45. The van der Waals surface area contributed by atoms with Gasteiger partial charge in [-0.1, -0.05) is 19.4 Å². The van der Waals surface area contributed by atoms with Crippen molar-refractivity contribution in [3.8, 4) is 11.5 Å². The molecule has 6 nitrogen and oxygen atoms in total. The number of piperidine rings is 1. The van der Waals surface area contributed by atoms with Gasteiger partial charge in [-0.3, -0.25) is 4.79 Å². The number of carbonyl (C=O) groups is 1. The number of ether oxygens (including phenoxy) is 2. The zero-order chi connectivity index (χ0) is 20.7. The van der Waals surface area contributed by atoms with E-state index in [1.165, 1.54) is 0 Å². The molecule has 6 rings (SSSR count). The monoisotopic (exact) mass is 413 g/mol. The van der Waals surface area contributed by atoms with E-state index in [1.807, 2.05) is 6.07 Å². The molecule has 1 spiro atoms. The first-order valence-electron chi connectivity index (χ1n) is 11.7. The van der Waals surface area contributed by atoms with Crippen molar-refractivity contribution in [2.45, 2.75) is 81.5 Å². The molecule has 1 unspecified atom stereocenters. The quantitative estimate of drug-likeness (QED) is 0.440. The van der Waals surface area contributed by atoms with Crippen LogP contribution in [0.15, 0.2) is 12.1 Å². The number of hydroxylamine groups is 3. The SMILES string of the molecule is CCCCOC12CCC(=O)[C@@H]3Oc4c(O)ccc5c4[C@@]31CC[N@+]([O-])(CC1CC1)[C@@H]2C5. The number of hydrogen-bond acceptors (Lipinski definition) is 5. The summed E-state index contributed by atoms with van der Waals surface area (Å²) in [6, 6.07) is 3.38. The first kappa shape index (κ1) is 19.1. The Morgan fingerprint density at radius 1 is 1.33 bits per heavy atom. The number of nitrogens with zero attached hydrogens (tertiary/aromatic N) is 1. The number of benzene rings is 1. The summed E-state index contributed by atoms with van der Waals surface area (Å²) in [4.78, 5) is 13.1. The number of unbranched alkanes of at least 4 members (excludes halogenated alkanes) is 1. The zero-order valence-electron chi connectivity index (χ0n) is 17.7. The van der Waals surface area contributed by atoms with Gasteiger partial charge in [0.1, 0.15) is 11.6 Å². The van der Waals surface area contributed by atoms with Gasteiger partial charge in [-0.05, 0) is 37.3 Å². The Morgan fingerprint density at radius 2 is 2.17 bits per heavy atom. The summed E-state index contributed by atoms with van der Waals surface area (Å²) in [6.07, 6.45) is 5.81. The Bertz CT molecular complexity index is 913. The van der Waals surface area contributed by atoms with E-state index in [-0.39, 0.29) is 22.2 Å². The van der Waals surface area contributed by atoms with Gasteiger partial charge in [0.05, 0.1) is 18.5 Å². The van der Waals surface area contributed by atoms with Crippen molar-refractivity contribution in [3.05, 3.63) is 28.5 Å². The van der Waals surface area contributed by atoms with Crippen LogP contribution < -0.4 is 4.74 Å². The summed E-state index contributed by atoms with van der Waals surface area (Å²) >= 11 is 0. The van der Waals surface area contributed by atoms with Crippen molar-refractivity contribution in [2.24, 2.45) is 5.92 Å². The number of likely N-dealkylation sites (tertiary alicyclic amines) is 1. The molecule has 6 heteroatoms. The normalized spacial score (nSPS) is 40.8. The molecule has 2 bridgehead atoms. The van der Waals surface area contributed by atoms with Gasteiger partial charge in [0.25, 0.3) is 0 Å². The molecular formula is C24H31NO5. The third-order valence-corrected chi connectivity index (χ3v) is 8.67. The van der Waals surface area contributed by atoms with Gasteiger partial charge in [-0.15, -0.1) is 0 Å². The van der Waals surface area contributed by atoms with E-state index in [4.69, 9.17) is 9.47 Å². The first-order valence-corrected chi connectivity index (χ1v) is 11.7. The molecule has 5 atom stereocenters. The summed E-state index contributed by atoms with van der Waals surface area (Å²) < 4.78 is 12.8. The fraction of sp³-hybridized carbons (Fsp3) is 0.708. The number of phenolic OH excluding ortho intramolecular Hbond substituents is 1. The van der Waals surface area contributed by atoms with Crippen LogP contribution in [0.3, 0.4) is 0 Å². The van der Waals surface area contributed by atoms with Gasteiger partial charge in [0, 0.05) is 37.4 Å². The van der Waals surface area contributed by atoms with Crippen LogP contribution in [0.2, 0.25) is 0 Å². The number of ketones is 1. The molecule has 1 N–H and O–H groups in total. The highest BCUT2D eigenvalue weighted by Crippen LogP contribution is 2.67. The van der Waals surface area contributed by atoms with Gasteiger partial charge < -0.3 is 24.4 Å². The Balaban J connectivity index is 1.57. The standard InChI is InChI=1S/C24H31NO5/c1-2-3-12-29-24-9-8-18(27)22-23(24)10-11-25(28,14-15-4-5-15)19(24)13-16-6-7-17(26)21(30-22)20(16)23/h6-7,15,19,22,26H,2-5,8-14H2,1H3/t19-,22+,23+,24?,25+/m1/s1. The molecule has 3 fully saturated rings. The molecule has 162 valence electrons. The lowest BCUT2D eigenvalue weighted by Gasteiger charge is -2.68. The molecule has 0 aromatic heterocycles. The fourth-order valence-corrected chi connectivity index (χ4v) is 7.20. The molecule has 5 aliphatic rings. The van der Waals surface area contributed by atoms with Crippen LogP contribution >= 0.6 is 0 Å². The van der Waals surface area contributed by atoms with Crippen molar-refractivity contribution in [3.63, 3.8) is 0 Å². The molecule has 2 aliphatic heterocycles. The van der Waals surface area contributed by atoms with E-state index in [0.29, 0.717) is 57.0 Å². The van der Waals surface area contributed by atoms with Gasteiger partial charge in [0.15, 0.2) is 23.4 Å². The van der Waals surface area contributed by atoms with Crippen LogP contribution in [0.4, 0.5) is 0 Å². The second-order valence-corrected chi connectivity index (χ2v) is 10.2. The van der Waals surface area contributed by atoms with Crippen molar-refractivity contribution in [2.75, 3.05) is 19.7 Å². The number of Topliss-reactive ketones (excluding diaryl/α,β-unsaturated/α-hetero) is 1. The molecule has 1 aromatic carbocycles. The molecule has 30 heavy (non-hydrogen) atoms. The Morgan fingerprint density at radius 3 is 2.93 bits per heavy atom. The second-order valence-electron chi connectivity index (χ2n) is 10.2. The maximum absolute atomic E-state index is 14.4. The number of phenols is 1. The average molecular weight is 414 g/mol. The van der Waals surface area contributed by atoms with Crippen molar-refractivity contribution in [1.29, 1.82) is 0 Å². The fourth-order valence-electron chi connectivity index (χ4n) is 7.20. The zero-order valence-corrected chi connectivity index (χ0v) is 17.7. The topological polar surface area (TPSA) is 78.8 Å². The van der Waals surface area contributed by atoms with E-state index in [2.05, 4.69) is 6.92 Å². The maximum atomic E-state index is 14.4. The van der Waals surface area contributed by atoms with Crippen LogP contribution in [0.25, 0.3) is 0 Å². The number of aromatic hydroxyl groups is 1. The molecule has 3 aliphatic carbocycles. The molecule has 1 aromatic rings. The summed E-state index contributed by atoms with van der Waals surface area (Å²) in [6.45, 7) is 3.91. The van der Waals surface area contributed by atoms with Crippen molar-refractivity contribution in [1.82, 2.24) is 0 Å². The van der Waals surface area contributed by atoms with E-state index in [0.717, 1.165) is 36.8 Å². The second kappa shape index (κ2) is 6.21.